The van der Waals surface area contributed by atoms with Gasteiger partial charge in [0.25, 0.3) is 0 Å². The largest absolute Gasteiger partial charge is 0.471 e. The number of benzene rings is 2. The van der Waals surface area contributed by atoms with E-state index >= 15 is 0 Å². The number of carbonyl (C=O) groups excluding carboxylic acids is 1. The Morgan fingerprint density at radius 2 is 1.83 bits per heavy atom. The van der Waals surface area contributed by atoms with Gasteiger partial charge in [0.1, 0.15) is 5.01 Å². The summed E-state index contributed by atoms with van der Waals surface area (Å²) in [6, 6.07) is 9.91. The van der Waals surface area contributed by atoms with Crippen molar-refractivity contribution in [1.82, 2.24) is 4.98 Å². The minimum Gasteiger partial charge on any atom is -0.317 e. The molecule has 124 valence electrons. The first-order valence-electron chi connectivity index (χ1n) is 6.49. The molecule has 0 atom stereocenters. The molecule has 3 rings (SSSR count). The number of anilines is 1. The molecule has 0 saturated carbocycles. The van der Waals surface area contributed by atoms with E-state index in [-0.39, 0.29) is 15.7 Å². The van der Waals surface area contributed by atoms with E-state index in [1.807, 2.05) is 24.3 Å². The van der Waals surface area contributed by atoms with Crippen LogP contribution in [0.1, 0.15) is 0 Å². The van der Waals surface area contributed by atoms with E-state index in [0.717, 1.165) is 10.2 Å². The summed E-state index contributed by atoms with van der Waals surface area (Å²) in [5.74, 6) is -2.11. The van der Waals surface area contributed by atoms with Crippen LogP contribution in [0.5, 0.6) is 0 Å². The molecule has 0 unspecified atom stereocenters. The van der Waals surface area contributed by atoms with Crippen molar-refractivity contribution in [3.05, 3.63) is 46.4 Å². The van der Waals surface area contributed by atoms with Crippen molar-refractivity contribution >= 4 is 56.3 Å². The zero-order chi connectivity index (χ0) is 17.5. The van der Waals surface area contributed by atoms with Gasteiger partial charge in [0, 0.05) is 5.56 Å². The monoisotopic (exact) mass is 390 g/mol. The summed E-state index contributed by atoms with van der Waals surface area (Å²) in [5, 5.41) is 2.39. The van der Waals surface area contributed by atoms with Gasteiger partial charge in [0.05, 0.1) is 25.9 Å². The van der Waals surface area contributed by atoms with Crippen molar-refractivity contribution in [1.29, 1.82) is 0 Å². The zero-order valence-electron chi connectivity index (χ0n) is 11.6. The molecule has 0 bridgehead atoms. The van der Waals surface area contributed by atoms with E-state index < -0.39 is 12.1 Å². The SMILES string of the molecule is O=C(Nc1cc(-c2nc3ccccc3s2)c(Cl)cc1Cl)C(F)(F)F. The molecular formula is C15H7Cl2F3N2OS. The Kier molecular flexibility index (Phi) is 4.42. The van der Waals surface area contributed by atoms with Crippen LogP contribution < -0.4 is 5.32 Å². The van der Waals surface area contributed by atoms with Crippen molar-refractivity contribution in [3.8, 4) is 10.6 Å². The number of amides is 1. The number of fused-ring (bicyclic) bond motifs is 1. The fourth-order valence-corrected chi connectivity index (χ4v) is 3.56. The number of nitrogens with zero attached hydrogens (tertiary/aromatic N) is 1. The topological polar surface area (TPSA) is 42.0 Å². The van der Waals surface area contributed by atoms with Crippen LogP contribution in [-0.2, 0) is 4.79 Å². The molecule has 2 aromatic carbocycles. The highest BCUT2D eigenvalue weighted by Crippen LogP contribution is 2.39. The van der Waals surface area contributed by atoms with Crippen LogP contribution in [0, 0.1) is 0 Å². The van der Waals surface area contributed by atoms with Gasteiger partial charge in [-0.1, -0.05) is 35.3 Å². The molecule has 0 aliphatic rings. The van der Waals surface area contributed by atoms with Crippen LogP contribution in [0.2, 0.25) is 10.0 Å². The average Bonchev–Trinajstić information content (AvgIpc) is 2.92. The highest BCUT2D eigenvalue weighted by molar-refractivity contribution is 7.21. The Morgan fingerprint density at radius 1 is 1.12 bits per heavy atom. The highest BCUT2D eigenvalue weighted by Gasteiger charge is 2.39. The van der Waals surface area contributed by atoms with Crippen LogP contribution in [0.4, 0.5) is 18.9 Å². The second-order valence-electron chi connectivity index (χ2n) is 4.75. The summed E-state index contributed by atoms with van der Waals surface area (Å²) in [6.45, 7) is 0. The van der Waals surface area contributed by atoms with E-state index in [1.54, 1.807) is 5.32 Å². The Hall–Kier alpha value is -1.83. The van der Waals surface area contributed by atoms with Gasteiger partial charge in [-0.25, -0.2) is 4.98 Å². The maximum atomic E-state index is 12.4. The van der Waals surface area contributed by atoms with Crippen molar-refractivity contribution in [2.45, 2.75) is 6.18 Å². The molecule has 0 aliphatic carbocycles. The Balaban J connectivity index is 2.05. The van der Waals surface area contributed by atoms with Crippen molar-refractivity contribution in [2.24, 2.45) is 0 Å². The molecule has 0 spiro atoms. The molecule has 0 fully saturated rings. The minimum absolute atomic E-state index is 0.0949. The van der Waals surface area contributed by atoms with E-state index in [2.05, 4.69) is 4.98 Å². The Bertz CT molecular complexity index is 907. The summed E-state index contributed by atoms with van der Waals surface area (Å²) in [7, 11) is 0. The van der Waals surface area contributed by atoms with Gasteiger partial charge in [0.15, 0.2) is 0 Å². The van der Waals surface area contributed by atoms with Gasteiger partial charge >= 0.3 is 12.1 Å². The summed E-state index contributed by atoms with van der Waals surface area (Å²) in [6.07, 6.45) is -5.01. The predicted molar refractivity (Wildman–Crippen MR) is 89.8 cm³/mol. The average molecular weight is 391 g/mol. The number of thiazole rings is 1. The fraction of sp³-hybridized carbons (Fsp3) is 0.0667. The number of rotatable bonds is 2. The molecule has 1 aromatic heterocycles. The number of alkyl halides is 3. The first kappa shape index (κ1) is 17.0. The van der Waals surface area contributed by atoms with E-state index in [9.17, 15) is 18.0 Å². The number of halogens is 5. The lowest BCUT2D eigenvalue weighted by molar-refractivity contribution is -0.167. The van der Waals surface area contributed by atoms with Gasteiger partial charge in [0.2, 0.25) is 0 Å². The molecule has 24 heavy (non-hydrogen) atoms. The number of carbonyl (C=O) groups is 1. The highest BCUT2D eigenvalue weighted by atomic mass is 35.5. The Labute approximate surface area is 148 Å². The second-order valence-corrected chi connectivity index (χ2v) is 6.60. The molecule has 0 aliphatic heterocycles. The normalized spacial score (nSPS) is 11.7. The quantitative estimate of drug-likeness (QED) is 0.603. The third kappa shape index (κ3) is 3.33. The maximum Gasteiger partial charge on any atom is 0.471 e. The van der Waals surface area contributed by atoms with Gasteiger partial charge in [-0.2, -0.15) is 13.2 Å². The van der Waals surface area contributed by atoms with Gasteiger partial charge < -0.3 is 5.32 Å². The number of hydrogen-bond acceptors (Lipinski definition) is 3. The molecule has 3 aromatic rings. The number of nitrogens with one attached hydrogen (secondary N) is 1. The van der Waals surface area contributed by atoms with Gasteiger partial charge in [-0.3, -0.25) is 4.79 Å². The van der Waals surface area contributed by atoms with Crippen LogP contribution >= 0.6 is 34.5 Å². The van der Waals surface area contributed by atoms with E-state index in [0.29, 0.717) is 10.6 Å². The molecule has 1 amide bonds. The lowest BCUT2D eigenvalue weighted by Crippen LogP contribution is -2.30. The van der Waals surface area contributed by atoms with Gasteiger partial charge in [-0.15, -0.1) is 11.3 Å². The standard InChI is InChI=1S/C15H7Cl2F3N2OS/c16-8-6-9(17)11(22-14(23)15(18,19)20)5-7(8)13-21-10-3-1-2-4-12(10)24-13/h1-6H,(H,22,23). The van der Waals surface area contributed by atoms with Crippen molar-refractivity contribution in [2.75, 3.05) is 5.32 Å². The molecule has 3 nitrogen and oxygen atoms in total. The first-order chi connectivity index (χ1) is 11.3. The summed E-state index contributed by atoms with van der Waals surface area (Å²) in [5.41, 5.74) is 0.946. The lowest BCUT2D eigenvalue weighted by atomic mass is 10.2. The third-order valence-electron chi connectivity index (χ3n) is 3.09. The number of aromatic nitrogens is 1. The molecule has 9 heteroatoms. The molecule has 1 heterocycles. The van der Waals surface area contributed by atoms with E-state index in [1.165, 1.54) is 23.5 Å². The summed E-state index contributed by atoms with van der Waals surface area (Å²) < 4.78 is 38.2. The van der Waals surface area contributed by atoms with Crippen LogP contribution in [0.25, 0.3) is 20.8 Å². The van der Waals surface area contributed by atoms with Crippen molar-refractivity contribution in [3.63, 3.8) is 0 Å². The molecule has 1 N–H and O–H groups in total. The smallest absolute Gasteiger partial charge is 0.317 e. The Morgan fingerprint density at radius 3 is 2.50 bits per heavy atom. The predicted octanol–water partition coefficient (Wildman–Crippen LogP) is 5.77. The maximum absolute atomic E-state index is 12.4. The van der Waals surface area contributed by atoms with E-state index in [4.69, 9.17) is 23.2 Å². The van der Waals surface area contributed by atoms with Crippen LogP contribution in [0.15, 0.2) is 36.4 Å². The number of para-hydroxylation sites is 1. The minimum atomic E-state index is -5.01. The second kappa shape index (κ2) is 6.23. The number of hydrogen-bond donors (Lipinski definition) is 1. The van der Waals surface area contributed by atoms with Gasteiger partial charge in [-0.05, 0) is 24.3 Å². The molecule has 0 radical (unpaired) electrons. The summed E-state index contributed by atoms with van der Waals surface area (Å²) >= 11 is 13.3. The first-order valence-corrected chi connectivity index (χ1v) is 8.06. The third-order valence-corrected chi connectivity index (χ3v) is 4.78. The van der Waals surface area contributed by atoms with Crippen molar-refractivity contribution < 1.29 is 18.0 Å². The van der Waals surface area contributed by atoms with Crippen LogP contribution in [0.3, 0.4) is 0 Å². The molecule has 0 saturated heterocycles. The summed E-state index contributed by atoms with van der Waals surface area (Å²) in [4.78, 5) is 15.5. The van der Waals surface area contributed by atoms with Crippen LogP contribution in [-0.4, -0.2) is 17.1 Å². The lowest BCUT2D eigenvalue weighted by Gasteiger charge is -2.11. The molecular weight excluding hydrogens is 384 g/mol. The zero-order valence-corrected chi connectivity index (χ0v) is 13.9. The fourth-order valence-electron chi connectivity index (χ4n) is 1.99.